The van der Waals surface area contributed by atoms with E-state index in [0.29, 0.717) is 6.54 Å². The summed E-state index contributed by atoms with van der Waals surface area (Å²) in [4.78, 5) is 2.17. The Labute approximate surface area is 166 Å². The summed E-state index contributed by atoms with van der Waals surface area (Å²) >= 11 is 0. The van der Waals surface area contributed by atoms with Crippen molar-refractivity contribution in [2.75, 3.05) is 32.7 Å². The molecule has 5 nitrogen and oxygen atoms in total. The lowest BCUT2D eigenvalue weighted by Crippen LogP contribution is -2.19. The first-order chi connectivity index (χ1) is 13.8. The van der Waals surface area contributed by atoms with E-state index < -0.39 is 0 Å². The predicted octanol–water partition coefficient (Wildman–Crippen LogP) is 4.99. The van der Waals surface area contributed by atoms with Gasteiger partial charge in [-0.3, -0.25) is 0 Å². The van der Waals surface area contributed by atoms with E-state index in [2.05, 4.69) is 17.0 Å². The number of benzene rings is 3. The normalized spacial score (nSPS) is 10.5. The third-order valence-corrected chi connectivity index (χ3v) is 4.16. The molecule has 0 aromatic heterocycles. The van der Waals surface area contributed by atoms with Gasteiger partial charge in [-0.15, -0.1) is 0 Å². The van der Waals surface area contributed by atoms with Crippen molar-refractivity contribution in [3.05, 3.63) is 84.4 Å². The molecule has 0 heterocycles. The van der Waals surface area contributed by atoms with Gasteiger partial charge in [0.15, 0.2) is 13.6 Å². The van der Waals surface area contributed by atoms with E-state index in [-0.39, 0.29) is 13.6 Å². The maximum absolute atomic E-state index is 5.82. The first-order valence-corrected chi connectivity index (χ1v) is 9.06. The minimum atomic E-state index is 0.179. The molecule has 0 aliphatic heterocycles. The van der Waals surface area contributed by atoms with Gasteiger partial charge in [-0.1, -0.05) is 54.6 Å². The van der Waals surface area contributed by atoms with Gasteiger partial charge in [0.2, 0.25) is 0 Å². The molecule has 0 spiro atoms. The number of nitrogens with zero attached hydrogens (tertiary/aromatic N) is 1. The summed E-state index contributed by atoms with van der Waals surface area (Å²) in [6.45, 7) is 1.01. The SMILES string of the molecule is COCOc1ccccc1N(Cc1ccccc1)c1ccccc1OCOC. The number of anilines is 2. The number of rotatable bonds is 10. The molecule has 0 radical (unpaired) electrons. The zero-order chi connectivity index (χ0) is 19.6. The quantitative estimate of drug-likeness (QED) is 0.464. The molecule has 3 aromatic rings. The van der Waals surface area contributed by atoms with Crippen molar-refractivity contribution < 1.29 is 18.9 Å². The molecular formula is C23H25NO4. The molecular weight excluding hydrogens is 354 g/mol. The fourth-order valence-corrected chi connectivity index (χ4v) is 2.92. The summed E-state index contributed by atoms with van der Waals surface area (Å²) in [5.41, 5.74) is 3.03. The van der Waals surface area contributed by atoms with Gasteiger partial charge < -0.3 is 23.8 Å². The van der Waals surface area contributed by atoms with Crippen LogP contribution in [-0.4, -0.2) is 27.8 Å². The molecule has 28 heavy (non-hydrogen) atoms. The summed E-state index contributed by atoms with van der Waals surface area (Å²) in [6, 6.07) is 26.1. The van der Waals surface area contributed by atoms with Crippen molar-refractivity contribution in [3.8, 4) is 11.5 Å². The summed E-state index contributed by atoms with van der Waals surface area (Å²) < 4.78 is 21.8. The molecule has 0 amide bonds. The van der Waals surface area contributed by atoms with Crippen molar-refractivity contribution >= 4 is 11.4 Å². The molecule has 5 heteroatoms. The fourth-order valence-electron chi connectivity index (χ4n) is 2.92. The van der Waals surface area contributed by atoms with Crippen LogP contribution >= 0.6 is 0 Å². The van der Waals surface area contributed by atoms with Crippen LogP contribution in [-0.2, 0) is 16.0 Å². The molecule has 0 bridgehead atoms. The van der Waals surface area contributed by atoms with Crippen molar-refractivity contribution in [1.82, 2.24) is 0 Å². The van der Waals surface area contributed by atoms with Crippen LogP contribution in [0.15, 0.2) is 78.9 Å². The first kappa shape index (κ1) is 19.7. The highest BCUT2D eigenvalue weighted by molar-refractivity contribution is 5.73. The molecule has 0 saturated heterocycles. The smallest absolute Gasteiger partial charge is 0.188 e. The Kier molecular flexibility index (Phi) is 7.29. The molecule has 0 atom stereocenters. The lowest BCUT2D eigenvalue weighted by atomic mass is 10.1. The Balaban J connectivity index is 2.04. The second kappa shape index (κ2) is 10.3. The van der Waals surface area contributed by atoms with E-state index in [4.69, 9.17) is 18.9 Å². The van der Waals surface area contributed by atoms with Crippen LogP contribution in [0.2, 0.25) is 0 Å². The second-order valence-electron chi connectivity index (χ2n) is 6.11. The van der Waals surface area contributed by atoms with Gasteiger partial charge >= 0.3 is 0 Å². The van der Waals surface area contributed by atoms with Crippen molar-refractivity contribution in [2.24, 2.45) is 0 Å². The Morgan fingerprint density at radius 2 is 1.07 bits per heavy atom. The van der Waals surface area contributed by atoms with Gasteiger partial charge in [-0.05, 0) is 29.8 Å². The molecule has 0 saturated carbocycles. The maximum atomic E-state index is 5.82. The number of methoxy groups -OCH3 is 2. The van der Waals surface area contributed by atoms with Crippen LogP contribution in [0.5, 0.6) is 11.5 Å². The van der Waals surface area contributed by atoms with Gasteiger partial charge in [0.25, 0.3) is 0 Å². The van der Waals surface area contributed by atoms with E-state index in [9.17, 15) is 0 Å². The molecule has 0 fully saturated rings. The van der Waals surface area contributed by atoms with Crippen LogP contribution in [0, 0.1) is 0 Å². The highest BCUT2D eigenvalue weighted by Gasteiger charge is 2.18. The summed E-state index contributed by atoms with van der Waals surface area (Å²) in [7, 11) is 3.22. The van der Waals surface area contributed by atoms with E-state index in [1.165, 1.54) is 5.56 Å². The van der Waals surface area contributed by atoms with Gasteiger partial charge in [0.05, 0.1) is 11.4 Å². The minimum Gasteiger partial charge on any atom is -0.465 e. The van der Waals surface area contributed by atoms with E-state index in [1.807, 2.05) is 66.7 Å². The molecule has 146 valence electrons. The lowest BCUT2D eigenvalue weighted by Gasteiger charge is -2.28. The molecule has 0 N–H and O–H groups in total. The van der Waals surface area contributed by atoms with Crippen LogP contribution < -0.4 is 14.4 Å². The number of hydrogen-bond acceptors (Lipinski definition) is 5. The summed E-state index contributed by atoms with van der Waals surface area (Å²) in [5.74, 6) is 1.48. The Bertz CT molecular complexity index is 802. The number of hydrogen-bond donors (Lipinski definition) is 0. The lowest BCUT2D eigenvalue weighted by molar-refractivity contribution is 0.0510. The van der Waals surface area contributed by atoms with Crippen LogP contribution in [0.4, 0.5) is 11.4 Å². The third kappa shape index (κ3) is 5.03. The molecule has 0 aliphatic carbocycles. The van der Waals surface area contributed by atoms with Crippen molar-refractivity contribution in [1.29, 1.82) is 0 Å². The average molecular weight is 379 g/mol. The van der Waals surface area contributed by atoms with Crippen molar-refractivity contribution in [3.63, 3.8) is 0 Å². The zero-order valence-corrected chi connectivity index (χ0v) is 16.2. The molecule has 3 aromatic carbocycles. The Hall–Kier alpha value is -3.02. The standard InChI is InChI=1S/C23H25NO4/c1-25-17-27-22-14-8-6-12-20(22)24(16-19-10-4-3-5-11-19)21-13-7-9-15-23(21)28-18-26-2/h3-15H,16-18H2,1-2H3. The largest absolute Gasteiger partial charge is 0.465 e. The first-order valence-electron chi connectivity index (χ1n) is 9.06. The van der Waals surface area contributed by atoms with Crippen LogP contribution in [0.25, 0.3) is 0 Å². The monoisotopic (exact) mass is 379 g/mol. The zero-order valence-electron chi connectivity index (χ0n) is 16.2. The van der Waals surface area contributed by atoms with Gasteiger partial charge in [-0.2, -0.15) is 0 Å². The topological polar surface area (TPSA) is 40.2 Å². The predicted molar refractivity (Wildman–Crippen MR) is 110 cm³/mol. The summed E-state index contributed by atoms with van der Waals surface area (Å²) in [5, 5.41) is 0. The summed E-state index contributed by atoms with van der Waals surface area (Å²) in [6.07, 6.45) is 0. The van der Waals surface area contributed by atoms with Gasteiger partial charge in [0, 0.05) is 20.8 Å². The Morgan fingerprint density at radius 3 is 1.57 bits per heavy atom. The second-order valence-corrected chi connectivity index (χ2v) is 6.11. The van der Waals surface area contributed by atoms with Crippen molar-refractivity contribution in [2.45, 2.75) is 6.54 Å². The van der Waals surface area contributed by atoms with Gasteiger partial charge in [0.1, 0.15) is 11.5 Å². The number of ether oxygens (including phenoxy) is 4. The van der Waals surface area contributed by atoms with Crippen LogP contribution in [0.3, 0.4) is 0 Å². The minimum absolute atomic E-state index is 0.179. The van der Waals surface area contributed by atoms with E-state index in [1.54, 1.807) is 14.2 Å². The Morgan fingerprint density at radius 1 is 0.607 bits per heavy atom. The molecule has 3 rings (SSSR count). The molecule has 0 aliphatic rings. The third-order valence-electron chi connectivity index (χ3n) is 4.16. The van der Waals surface area contributed by atoms with Crippen LogP contribution in [0.1, 0.15) is 5.56 Å². The number of para-hydroxylation sites is 4. The fraction of sp³-hybridized carbons (Fsp3) is 0.217. The molecule has 0 unspecified atom stereocenters. The highest BCUT2D eigenvalue weighted by atomic mass is 16.7. The van der Waals surface area contributed by atoms with E-state index in [0.717, 1.165) is 22.9 Å². The van der Waals surface area contributed by atoms with E-state index >= 15 is 0 Å². The average Bonchev–Trinajstić information content (AvgIpc) is 2.76. The maximum Gasteiger partial charge on any atom is 0.188 e. The van der Waals surface area contributed by atoms with Gasteiger partial charge in [-0.25, -0.2) is 0 Å². The highest BCUT2D eigenvalue weighted by Crippen LogP contribution is 2.39.